The van der Waals surface area contributed by atoms with Gasteiger partial charge in [0, 0.05) is 24.2 Å². The summed E-state index contributed by atoms with van der Waals surface area (Å²) < 4.78 is 41.6. The maximum Gasteiger partial charge on any atom is 0.394 e. The van der Waals surface area contributed by atoms with E-state index in [9.17, 15) is 9.59 Å². The molecule has 0 aliphatic carbocycles. The van der Waals surface area contributed by atoms with Crippen molar-refractivity contribution in [2.24, 2.45) is 0 Å². The molecule has 0 saturated carbocycles. The van der Waals surface area contributed by atoms with Crippen molar-refractivity contribution in [3.8, 4) is 0 Å². The Kier molecular flexibility index (Phi) is 22.0. The summed E-state index contributed by atoms with van der Waals surface area (Å²) in [6.45, 7) is 10.0. The van der Waals surface area contributed by atoms with Crippen molar-refractivity contribution >= 4 is 22.3 Å². The molecule has 0 amide bonds. The number of nitrogens with zero attached hydrogens (tertiary/aromatic N) is 2. The van der Waals surface area contributed by atoms with E-state index in [1.54, 1.807) is 13.8 Å². The summed E-state index contributed by atoms with van der Waals surface area (Å²) in [5, 5.41) is 0. The fraction of sp³-hybridized carbons (Fsp3) is 0.700. The lowest BCUT2D eigenvalue weighted by atomic mass is 10.2. The highest BCUT2D eigenvalue weighted by molar-refractivity contribution is 7.79. The number of likely N-dealkylation sites (N-methyl/N-ethyl adjacent to an activating group) is 2. The van der Waals surface area contributed by atoms with Crippen LogP contribution in [-0.4, -0.2) is 93.8 Å². The lowest BCUT2D eigenvalue weighted by molar-refractivity contribution is -0.140. The zero-order chi connectivity index (χ0) is 25.0. The average Bonchev–Trinajstić information content (AvgIpc) is 2.60. The topological polar surface area (TPSA) is 134 Å². The van der Waals surface area contributed by atoms with Gasteiger partial charge in [-0.15, -0.1) is 0 Å². The fourth-order valence-corrected chi connectivity index (χ4v) is 1.65. The molecule has 31 heavy (non-hydrogen) atoms. The molecule has 2 N–H and O–H groups in total. The molecule has 0 aromatic carbocycles. The third kappa shape index (κ3) is 33.1. The summed E-state index contributed by atoms with van der Waals surface area (Å²) in [5.74, 6) is -0.410. The number of carbonyl (C=O) groups excluding carboxylic acids is 2. The van der Waals surface area contributed by atoms with Crippen LogP contribution >= 0.6 is 0 Å². The first-order chi connectivity index (χ1) is 14.1. The molecule has 184 valence electrons. The molecule has 0 bridgehead atoms. The van der Waals surface area contributed by atoms with E-state index in [1.807, 2.05) is 64.0 Å². The third-order valence-corrected chi connectivity index (χ3v) is 3.21. The van der Waals surface area contributed by atoms with Crippen LogP contribution in [0.25, 0.3) is 0 Å². The quantitative estimate of drug-likeness (QED) is 0.279. The molecule has 0 radical (unpaired) electrons. The lowest BCUT2D eigenvalue weighted by Gasteiger charge is -2.09. The van der Waals surface area contributed by atoms with E-state index in [-0.39, 0.29) is 11.9 Å². The van der Waals surface area contributed by atoms with E-state index in [2.05, 4.69) is 0 Å². The largest absolute Gasteiger partial charge is 0.461 e. The first-order valence-electron chi connectivity index (χ1n) is 9.82. The first-order valence-corrected chi connectivity index (χ1v) is 11.2. The number of esters is 2. The van der Waals surface area contributed by atoms with Gasteiger partial charge in [0.2, 0.25) is 0 Å². The van der Waals surface area contributed by atoms with Gasteiger partial charge in [-0.05, 0) is 54.9 Å². The van der Waals surface area contributed by atoms with E-state index < -0.39 is 10.4 Å². The van der Waals surface area contributed by atoms with E-state index in [0.29, 0.717) is 24.4 Å². The van der Waals surface area contributed by atoms with Gasteiger partial charge in [-0.2, -0.15) is 8.42 Å². The molecule has 0 aromatic heterocycles. The number of allylic oxidation sites excluding steroid dienone is 2. The molecule has 0 aliphatic heterocycles. The van der Waals surface area contributed by atoms with Gasteiger partial charge in [-0.3, -0.25) is 9.11 Å². The van der Waals surface area contributed by atoms with Crippen LogP contribution in [0.5, 0.6) is 0 Å². The molecular weight excluding hydrogens is 428 g/mol. The Hall–Kier alpha value is -1.79. The number of rotatable bonds is 10. The molecule has 0 spiro atoms. The maximum absolute atomic E-state index is 11.2. The smallest absolute Gasteiger partial charge is 0.394 e. The summed E-state index contributed by atoms with van der Waals surface area (Å²) >= 11 is 0. The van der Waals surface area contributed by atoms with E-state index in [0.717, 1.165) is 25.9 Å². The maximum atomic E-state index is 11.2. The van der Waals surface area contributed by atoms with Crippen LogP contribution in [0.15, 0.2) is 23.3 Å². The second kappa shape index (κ2) is 20.1. The highest BCUT2D eigenvalue weighted by Crippen LogP contribution is 1.99. The molecule has 10 nitrogen and oxygen atoms in total. The molecule has 0 saturated heterocycles. The van der Waals surface area contributed by atoms with Crippen LogP contribution in [-0.2, 0) is 29.5 Å². The summed E-state index contributed by atoms with van der Waals surface area (Å²) in [6, 6.07) is 0. The van der Waals surface area contributed by atoms with Gasteiger partial charge in [0.15, 0.2) is 0 Å². The van der Waals surface area contributed by atoms with Gasteiger partial charge in [0.25, 0.3) is 0 Å². The summed E-state index contributed by atoms with van der Waals surface area (Å²) in [7, 11) is 3.12. The van der Waals surface area contributed by atoms with Crippen molar-refractivity contribution in [2.45, 2.75) is 40.5 Å². The van der Waals surface area contributed by atoms with Gasteiger partial charge >= 0.3 is 22.3 Å². The average molecular weight is 469 g/mol. The third-order valence-electron chi connectivity index (χ3n) is 3.21. The Labute approximate surface area is 187 Å². The Bertz CT molecular complexity index is 606. The van der Waals surface area contributed by atoms with Gasteiger partial charge in [-0.25, -0.2) is 9.59 Å². The van der Waals surface area contributed by atoms with Gasteiger partial charge in [0.1, 0.15) is 13.2 Å². The number of carbonyl (C=O) groups is 2. The molecule has 0 aliphatic rings. The van der Waals surface area contributed by atoms with Crippen LogP contribution in [0.3, 0.4) is 0 Å². The molecule has 0 heterocycles. The molecular formula is C20H40N2O8S. The highest BCUT2D eigenvalue weighted by Gasteiger charge is 2.05. The Balaban J connectivity index is -0.000000416. The zero-order valence-electron chi connectivity index (χ0n) is 20.0. The van der Waals surface area contributed by atoms with Gasteiger partial charge in [0.05, 0.1) is 0 Å². The predicted molar refractivity (Wildman–Crippen MR) is 121 cm³/mol. The van der Waals surface area contributed by atoms with Crippen molar-refractivity contribution in [1.29, 1.82) is 0 Å². The first kappa shape index (κ1) is 33.8. The summed E-state index contributed by atoms with van der Waals surface area (Å²) in [5.41, 5.74) is 1.39. The SMILES string of the molecule is CCC=C(C)C(=O)OCCN(C)C.CCC=C(C)C(=O)OCCN(C)C.O=S(=O)(O)O. The lowest BCUT2D eigenvalue weighted by Crippen LogP contribution is -2.20. The highest BCUT2D eigenvalue weighted by atomic mass is 32.3. The molecule has 11 heteroatoms. The second-order valence-corrected chi connectivity index (χ2v) is 7.81. The molecule has 0 fully saturated rings. The predicted octanol–water partition coefficient (Wildman–Crippen LogP) is 2.24. The van der Waals surface area contributed by atoms with E-state index in [4.69, 9.17) is 27.0 Å². The molecule has 0 rings (SSSR count). The van der Waals surface area contributed by atoms with Crippen LogP contribution in [0.1, 0.15) is 40.5 Å². The van der Waals surface area contributed by atoms with Gasteiger partial charge < -0.3 is 19.3 Å². The van der Waals surface area contributed by atoms with E-state index >= 15 is 0 Å². The number of ether oxygens (including phenoxy) is 2. The Morgan fingerprint density at radius 3 is 1.23 bits per heavy atom. The standard InChI is InChI=1S/2C10H19NO2.H2O4S/c2*1-5-6-9(2)10(12)13-8-7-11(3)4;1-5(2,3)4/h2*6H,5,7-8H2,1-4H3;(H2,1,2,3,4). The van der Waals surface area contributed by atoms with Crippen LogP contribution in [0, 0.1) is 0 Å². The fourth-order valence-electron chi connectivity index (χ4n) is 1.65. The van der Waals surface area contributed by atoms with Crippen LogP contribution in [0.2, 0.25) is 0 Å². The van der Waals surface area contributed by atoms with Crippen molar-refractivity contribution in [1.82, 2.24) is 9.80 Å². The van der Waals surface area contributed by atoms with E-state index in [1.165, 1.54) is 0 Å². The molecule has 0 atom stereocenters. The second-order valence-electron chi connectivity index (χ2n) is 6.92. The Morgan fingerprint density at radius 2 is 1.03 bits per heavy atom. The zero-order valence-corrected chi connectivity index (χ0v) is 20.9. The number of hydrogen-bond donors (Lipinski definition) is 2. The summed E-state index contributed by atoms with van der Waals surface area (Å²) in [6.07, 6.45) is 5.49. The minimum absolute atomic E-state index is 0.205. The van der Waals surface area contributed by atoms with Crippen molar-refractivity contribution in [3.05, 3.63) is 23.3 Å². The van der Waals surface area contributed by atoms with Crippen molar-refractivity contribution in [2.75, 3.05) is 54.5 Å². The van der Waals surface area contributed by atoms with Gasteiger partial charge in [-0.1, -0.05) is 26.0 Å². The molecule has 0 aromatic rings. The Morgan fingerprint density at radius 1 is 0.774 bits per heavy atom. The minimum atomic E-state index is -4.67. The normalized spacial score (nSPS) is 11.9. The minimum Gasteiger partial charge on any atom is -0.461 e. The van der Waals surface area contributed by atoms with Crippen molar-refractivity contribution in [3.63, 3.8) is 0 Å². The summed E-state index contributed by atoms with van der Waals surface area (Å²) in [4.78, 5) is 26.4. The monoisotopic (exact) mass is 468 g/mol. The van der Waals surface area contributed by atoms with Crippen molar-refractivity contribution < 1.29 is 36.6 Å². The van der Waals surface area contributed by atoms with Crippen LogP contribution < -0.4 is 0 Å². The molecule has 0 unspecified atom stereocenters. The van der Waals surface area contributed by atoms with Crippen LogP contribution in [0.4, 0.5) is 0 Å². The number of hydrogen-bond acceptors (Lipinski definition) is 8.